The van der Waals surface area contributed by atoms with Crippen LogP contribution in [0.3, 0.4) is 0 Å². The van der Waals surface area contributed by atoms with Crippen molar-refractivity contribution in [2.45, 2.75) is 6.61 Å². The Labute approximate surface area is 265 Å². The second-order valence-corrected chi connectivity index (χ2v) is 12.0. The van der Waals surface area contributed by atoms with Crippen LogP contribution < -0.4 is 15.0 Å². The lowest BCUT2D eigenvalue weighted by Crippen LogP contribution is -2.20. The lowest BCUT2D eigenvalue weighted by molar-refractivity contribution is 0.282. The van der Waals surface area contributed by atoms with Gasteiger partial charge in [-0.1, -0.05) is 56.1 Å². The van der Waals surface area contributed by atoms with E-state index in [1.54, 1.807) is 31.5 Å². The van der Waals surface area contributed by atoms with E-state index in [9.17, 15) is 4.79 Å². The number of para-hydroxylation sites is 1. The van der Waals surface area contributed by atoms with Gasteiger partial charge in [0.1, 0.15) is 12.2 Å². The van der Waals surface area contributed by atoms with Crippen LogP contribution in [0.4, 0.5) is 0 Å². The van der Waals surface area contributed by atoms with Crippen molar-refractivity contribution in [1.29, 1.82) is 0 Å². The molecule has 41 heavy (non-hydrogen) atoms. The van der Waals surface area contributed by atoms with Gasteiger partial charge in [-0.2, -0.15) is 9.78 Å². The Kier molecular flexibility index (Phi) is 7.96. The van der Waals surface area contributed by atoms with Gasteiger partial charge in [-0.15, -0.1) is 0 Å². The Bertz CT molecular complexity index is 2000. The molecular formula is C31H20Br2IN3O4. The van der Waals surface area contributed by atoms with E-state index in [1.807, 2.05) is 66.7 Å². The molecule has 0 bridgehead atoms. The van der Waals surface area contributed by atoms with E-state index in [4.69, 9.17) is 18.9 Å². The Morgan fingerprint density at radius 2 is 1.78 bits per heavy atom. The van der Waals surface area contributed by atoms with Gasteiger partial charge in [-0.05, 0) is 94.4 Å². The molecule has 0 fully saturated rings. The van der Waals surface area contributed by atoms with E-state index < -0.39 is 0 Å². The number of fused-ring (bicyclic) bond motifs is 2. The zero-order valence-corrected chi connectivity index (χ0v) is 26.8. The minimum atomic E-state index is -0.306. The molecule has 0 unspecified atom stereocenters. The molecule has 0 atom stereocenters. The molecule has 2 heterocycles. The number of rotatable bonds is 7. The van der Waals surface area contributed by atoms with Crippen molar-refractivity contribution in [2.24, 2.45) is 5.10 Å². The van der Waals surface area contributed by atoms with Crippen molar-refractivity contribution in [2.75, 3.05) is 7.11 Å². The monoisotopic (exact) mass is 783 g/mol. The maximum Gasteiger partial charge on any atom is 0.282 e. The maximum absolute atomic E-state index is 13.6. The summed E-state index contributed by atoms with van der Waals surface area (Å²) in [5, 5.41) is 5.92. The van der Waals surface area contributed by atoms with Crippen LogP contribution in [0, 0.1) is 3.57 Å². The fourth-order valence-electron chi connectivity index (χ4n) is 4.33. The fourth-order valence-corrected chi connectivity index (χ4v) is 5.75. The third kappa shape index (κ3) is 5.81. The van der Waals surface area contributed by atoms with E-state index in [-0.39, 0.29) is 5.56 Å². The van der Waals surface area contributed by atoms with Gasteiger partial charge in [0.25, 0.3) is 5.56 Å². The number of halogens is 3. The molecule has 0 aliphatic heterocycles. The first-order valence-corrected chi connectivity index (χ1v) is 15.1. The molecule has 0 saturated carbocycles. The van der Waals surface area contributed by atoms with Crippen molar-refractivity contribution < 1.29 is 13.9 Å². The molecular weight excluding hydrogens is 765 g/mol. The highest BCUT2D eigenvalue weighted by Gasteiger charge is 2.17. The van der Waals surface area contributed by atoms with Gasteiger partial charge < -0.3 is 13.9 Å². The maximum atomic E-state index is 13.6. The average Bonchev–Trinajstić information content (AvgIpc) is 3.39. The second kappa shape index (κ2) is 11.8. The van der Waals surface area contributed by atoms with Crippen LogP contribution in [0.2, 0.25) is 0 Å². The van der Waals surface area contributed by atoms with Crippen LogP contribution in [0.15, 0.2) is 108 Å². The van der Waals surface area contributed by atoms with Gasteiger partial charge in [0.05, 0.1) is 27.8 Å². The predicted octanol–water partition coefficient (Wildman–Crippen LogP) is 8.41. The lowest BCUT2D eigenvalue weighted by Gasteiger charge is -2.14. The highest BCUT2D eigenvalue weighted by molar-refractivity contribution is 14.1. The number of hydrogen-bond donors (Lipinski definition) is 0. The Morgan fingerprint density at radius 1 is 1.00 bits per heavy atom. The van der Waals surface area contributed by atoms with E-state index >= 15 is 0 Å². The van der Waals surface area contributed by atoms with Gasteiger partial charge in [-0.3, -0.25) is 4.79 Å². The second-order valence-electron chi connectivity index (χ2n) is 9.06. The molecule has 0 amide bonds. The standard InChI is InChI=1S/C31H20Br2IN3O4/c1-39-27-13-19(12-24(34)29(27)40-17-18-6-8-21(32)9-7-18)16-35-37-30(36-25-5-3-2-4-23(25)31(37)38)28-15-20-14-22(33)10-11-26(20)41-28/h2-16H,17H2,1H3. The number of benzene rings is 4. The smallest absolute Gasteiger partial charge is 0.282 e. The molecule has 7 nitrogen and oxygen atoms in total. The first-order valence-electron chi connectivity index (χ1n) is 12.4. The first-order chi connectivity index (χ1) is 19.9. The van der Waals surface area contributed by atoms with Gasteiger partial charge in [0, 0.05) is 14.3 Å². The number of aromatic nitrogens is 2. The zero-order valence-electron chi connectivity index (χ0n) is 21.5. The van der Waals surface area contributed by atoms with Crippen molar-refractivity contribution in [1.82, 2.24) is 9.66 Å². The molecule has 10 heteroatoms. The molecule has 0 spiro atoms. The summed E-state index contributed by atoms with van der Waals surface area (Å²) in [5.74, 6) is 1.92. The Hall–Kier alpha value is -3.48. The van der Waals surface area contributed by atoms with Crippen LogP contribution in [0.25, 0.3) is 33.5 Å². The minimum absolute atomic E-state index is 0.299. The van der Waals surface area contributed by atoms with Crippen molar-refractivity contribution in [3.63, 3.8) is 0 Å². The first kappa shape index (κ1) is 27.7. The zero-order chi connectivity index (χ0) is 28.5. The fraction of sp³-hybridized carbons (Fsp3) is 0.0645. The van der Waals surface area contributed by atoms with Crippen molar-refractivity contribution in [3.05, 3.63) is 119 Å². The number of nitrogens with zero attached hydrogens (tertiary/aromatic N) is 3. The molecule has 0 radical (unpaired) electrons. The topological polar surface area (TPSA) is 78.9 Å². The lowest BCUT2D eigenvalue weighted by atomic mass is 10.2. The summed E-state index contributed by atoms with van der Waals surface area (Å²) >= 11 is 9.16. The van der Waals surface area contributed by atoms with Gasteiger partial charge in [0.2, 0.25) is 5.82 Å². The molecule has 6 aromatic rings. The minimum Gasteiger partial charge on any atom is -0.493 e. The number of furan rings is 1. The predicted molar refractivity (Wildman–Crippen MR) is 176 cm³/mol. The summed E-state index contributed by atoms with van der Waals surface area (Å²) in [5.41, 5.74) is 2.69. The van der Waals surface area contributed by atoms with Crippen LogP contribution in [-0.2, 0) is 6.61 Å². The average molecular weight is 785 g/mol. The largest absolute Gasteiger partial charge is 0.493 e. The molecule has 4 aromatic carbocycles. The molecule has 0 aliphatic carbocycles. The van der Waals surface area contributed by atoms with E-state index in [2.05, 4.69) is 59.6 Å². The molecule has 0 saturated heterocycles. The normalized spacial score (nSPS) is 11.5. The van der Waals surface area contributed by atoms with Crippen molar-refractivity contribution >= 4 is 82.5 Å². The SMILES string of the molecule is COc1cc(C=Nn2c(-c3cc4cc(Br)ccc4o3)nc3ccccc3c2=O)cc(I)c1OCc1ccc(Br)cc1. The van der Waals surface area contributed by atoms with E-state index in [1.165, 1.54) is 4.68 Å². The summed E-state index contributed by atoms with van der Waals surface area (Å²) in [7, 11) is 1.59. The highest BCUT2D eigenvalue weighted by atomic mass is 127. The third-order valence-electron chi connectivity index (χ3n) is 6.32. The van der Waals surface area contributed by atoms with Crippen molar-refractivity contribution in [3.8, 4) is 23.1 Å². The molecule has 6 rings (SSSR count). The number of ether oxygens (including phenoxy) is 2. The van der Waals surface area contributed by atoms with Gasteiger partial charge in [0.15, 0.2) is 17.3 Å². The summed E-state index contributed by atoms with van der Waals surface area (Å²) in [6, 6.07) is 26.4. The Balaban J connectivity index is 1.39. The van der Waals surface area contributed by atoms with Crippen LogP contribution in [0.1, 0.15) is 11.1 Å². The van der Waals surface area contributed by atoms with Gasteiger partial charge in [-0.25, -0.2) is 4.98 Å². The summed E-state index contributed by atoms with van der Waals surface area (Å²) in [6.07, 6.45) is 1.60. The Morgan fingerprint density at radius 3 is 2.59 bits per heavy atom. The molecule has 0 aliphatic rings. The van der Waals surface area contributed by atoms with E-state index in [0.717, 1.165) is 29.0 Å². The van der Waals surface area contributed by atoms with Crippen LogP contribution in [0.5, 0.6) is 11.5 Å². The summed E-state index contributed by atoms with van der Waals surface area (Å²) in [4.78, 5) is 18.4. The third-order valence-corrected chi connectivity index (χ3v) is 8.15. The van der Waals surface area contributed by atoms with Gasteiger partial charge >= 0.3 is 0 Å². The molecule has 204 valence electrons. The molecule has 2 aromatic heterocycles. The molecule has 0 N–H and O–H groups in total. The van der Waals surface area contributed by atoms with Crippen LogP contribution >= 0.6 is 54.5 Å². The number of hydrogen-bond acceptors (Lipinski definition) is 6. The van der Waals surface area contributed by atoms with Crippen LogP contribution in [-0.4, -0.2) is 23.0 Å². The van der Waals surface area contributed by atoms with E-state index in [0.29, 0.717) is 46.2 Å². The number of methoxy groups -OCH3 is 1. The quantitative estimate of drug-likeness (QED) is 0.120. The highest BCUT2D eigenvalue weighted by Crippen LogP contribution is 2.34. The summed E-state index contributed by atoms with van der Waals surface area (Å²) < 4.78 is 21.9. The summed E-state index contributed by atoms with van der Waals surface area (Å²) in [6.45, 7) is 0.392.